The standard InChI is InChI=1S/C14H15ClFN3O/c15-9-1-2-11(10(16)5-9)18-3-4-19(12(18)20)14-6-13(17,7-14)8-14/h1-2,5H,3-4,6-8,17H2. The quantitative estimate of drug-likeness (QED) is 0.910. The Bertz CT molecular complexity index is 601. The number of hydrogen-bond acceptors (Lipinski definition) is 2. The summed E-state index contributed by atoms with van der Waals surface area (Å²) in [6, 6.07) is 4.29. The molecule has 4 aliphatic rings. The van der Waals surface area contributed by atoms with Gasteiger partial charge in [0, 0.05) is 29.2 Å². The molecule has 3 saturated carbocycles. The van der Waals surface area contributed by atoms with Gasteiger partial charge in [-0.05, 0) is 37.5 Å². The van der Waals surface area contributed by atoms with Gasteiger partial charge in [0.05, 0.1) is 5.69 Å². The highest BCUT2D eigenvalue weighted by Crippen LogP contribution is 2.62. The van der Waals surface area contributed by atoms with Gasteiger partial charge in [-0.3, -0.25) is 4.90 Å². The summed E-state index contributed by atoms with van der Waals surface area (Å²) in [5.41, 5.74) is 6.25. The van der Waals surface area contributed by atoms with Gasteiger partial charge < -0.3 is 10.6 Å². The van der Waals surface area contributed by atoms with Crippen molar-refractivity contribution in [2.75, 3.05) is 18.0 Å². The van der Waals surface area contributed by atoms with Gasteiger partial charge in [0.25, 0.3) is 0 Å². The van der Waals surface area contributed by atoms with Crippen molar-refractivity contribution in [2.45, 2.75) is 30.3 Å². The lowest BCUT2D eigenvalue weighted by Gasteiger charge is -2.71. The molecule has 1 aromatic rings. The zero-order valence-corrected chi connectivity index (χ0v) is 11.7. The Morgan fingerprint density at radius 1 is 1.25 bits per heavy atom. The first-order valence-corrected chi connectivity index (χ1v) is 7.13. The number of nitrogens with two attached hydrogens (primary N) is 1. The van der Waals surface area contributed by atoms with E-state index in [0.29, 0.717) is 23.8 Å². The number of amides is 2. The summed E-state index contributed by atoms with van der Waals surface area (Å²) in [5.74, 6) is -0.458. The molecule has 2 N–H and O–H groups in total. The number of carbonyl (C=O) groups is 1. The normalized spacial score (nSPS) is 35.0. The third kappa shape index (κ3) is 1.48. The predicted octanol–water partition coefficient (Wildman–Crippen LogP) is 2.35. The van der Waals surface area contributed by atoms with Gasteiger partial charge in [0.2, 0.25) is 0 Å². The van der Waals surface area contributed by atoms with E-state index in [1.807, 2.05) is 4.90 Å². The number of nitrogens with zero attached hydrogens (tertiary/aromatic N) is 2. The van der Waals surface area contributed by atoms with Crippen molar-refractivity contribution >= 4 is 23.3 Å². The molecule has 1 aliphatic heterocycles. The van der Waals surface area contributed by atoms with Gasteiger partial charge in [0.15, 0.2) is 0 Å². The molecule has 4 fully saturated rings. The van der Waals surface area contributed by atoms with E-state index in [9.17, 15) is 9.18 Å². The van der Waals surface area contributed by atoms with E-state index in [1.54, 1.807) is 12.1 Å². The highest BCUT2D eigenvalue weighted by atomic mass is 35.5. The van der Waals surface area contributed by atoms with E-state index in [4.69, 9.17) is 17.3 Å². The van der Waals surface area contributed by atoms with Crippen LogP contribution in [0.25, 0.3) is 0 Å². The van der Waals surface area contributed by atoms with Gasteiger partial charge in [-0.25, -0.2) is 9.18 Å². The van der Waals surface area contributed by atoms with E-state index in [0.717, 1.165) is 19.3 Å². The van der Waals surface area contributed by atoms with Crippen LogP contribution in [0, 0.1) is 5.82 Å². The smallest absolute Gasteiger partial charge is 0.325 e. The van der Waals surface area contributed by atoms with Crippen LogP contribution >= 0.6 is 11.6 Å². The van der Waals surface area contributed by atoms with E-state index in [-0.39, 0.29) is 17.1 Å². The Balaban J connectivity index is 1.58. The fourth-order valence-electron chi connectivity index (χ4n) is 4.00. The molecule has 0 radical (unpaired) electrons. The van der Waals surface area contributed by atoms with Crippen molar-refractivity contribution in [3.63, 3.8) is 0 Å². The maximum Gasteiger partial charge on any atom is 0.325 e. The van der Waals surface area contributed by atoms with Crippen LogP contribution < -0.4 is 10.6 Å². The molecule has 2 bridgehead atoms. The van der Waals surface area contributed by atoms with Crippen molar-refractivity contribution in [1.82, 2.24) is 4.90 Å². The van der Waals surface area contributed by atoms with E-state index < -0.39 is 5.82 Å². The average molecular weight is 296 g/mol. The van der Waals surface area contributed by atoms with Gasteiger partial charge in [0.1, 0.15) is 5.82 Å². The Kier molecular flexibility index (Phi) is 2.27. The van der Waals surface area contributed by atoms with Crippen LogP contribution in [-0.2, 0) is 0 Å². The second kappa shape index (κ2) is 3.65. The zero-order chi connectivity index (χ0) is 14.1. The number of urea groups is 1. The molecular weight excluding hydrogens is 281 g/mol. The lowest BCUT2D eigenvalue weighted by Crippen LogP contribution is -2.82. The zero-order valence-electron chi connectivity index (χ0n) is 10.9. The summed E-state index contributed by atoms with van der Waals surface area (Å²) < 4.78 is 13.9. The van der Waals surface area contributed by atoms with Crippen molar-refractivity contribution in [1.29, 1.82) is 0 Å². The Morgan fingerprint density at radius 2 is 1.95 bits per heavy atom. The SMILES string of the molecule is NC12CC(N3CCN(c4ccc(Cl)cc4F)C3=O)(C1)C2. The maximum absolute atomic E-state index is 13.9. The number of hydrogen-bond donors (Lipinski definition) is 1. The molecule has 5 rings (SSSR count). The molecule has 106 valence electrons. The molecule has 2 amide bonds. The first-order chi connectivity index (χ1) is 9.42. The maximum atomic E-state index is 13.9. The molecule has 1 aromatic carbocycles. The fourth-order valence-corrected chi connectivity index (χ4v) is 4.16. The summed E-state index contributed by atoms with van der Waals surface area (Å²) in [4.78, 5) is 15.9. The molecule has 1 saturated heterocycles. The van der Waals surface area contributed by atoms with Crippen molar-refractivity contribution in [3.05, 3.63) is 29.0 Å². The number of rotatable bonds is 2. The molecule has 3 aliphatic carbocycles. The molecule has 0 spiro atoms. The minimum Gasteiger partial charge on any atom is -0.325 e. The molecule has 20 heavy (non-hydrogen) atoms. The largest absolute Gasteiger partial charge is 0.325 e. The summed E-state index contributed by atoms with van der Waals surface area (Å²) in [7, 11) is 0. The lowest BCUT2D eigenvalue weighted by atomic mass is 9.44. The summed E-state index contributed by atoms with van der Waals surface area (Å²) in [6.45, 7) is 1.15. The van der Waals surface area contributed by atoms with Gasteiger partial charge in [-0.1, -0.05) is 11.6 Å². The molecule has 0 unspecified atom stereocenters. The first kappa shape index (κ1) is 12.4. The minimum absolute atomic E-state index is 0.0424. The molecular formula is C14H15ClFN3O. The van der Waals surface area contributed by atoms with Crippen LogP contribution in [-0.4, -0.2) is 35.1 Å². The van der Waals surface area contributed by atoms with Gasteiger partial charge in [-0.15, -0.1) is 0 Å². The Hall–Kier alpha value is -1.33. The van der Waals surface area contributed by atoms with Gasteiger partial charge >= 0.3 is 6.03 Å². The van der Waals surface area contributed by atoms with Crippen LogP contribution in [0.1, 0.15) is 19.3 Å². The monoisotopic (exact) mass is 295 g/mol. The van der Waals surface area contributed by atoms with E-state index >= 15 is 0 Å². The average Bonchev–Trinajstić information content (AvgIpc) is 2.66. The molecule has 4 nitrogen and oxygen atoms in total. The van der Waals surface area contributed by atoms with Crippen LogP contribution in [0.5, 0.6) is 0 Å². The third-order valence-corrected chi connectivity index (χ3v) is 5.06. The highest BCUT2D eigenvalue weighted by molar-refractivity contribution is 6.30. The lowest BCUT2D eigenvalue weighted by molar-refractivity contribution is -0.134. The molecule has 0 atom stereocenters. The third-order valence-electron chi connectivity index (χ3n) is 4.83. The van der Waals surface area contributed by atoms with Crippen molar-refractivity contribution in [2.24, 2.45) is 5.73 Å². The predicted molar refractivity (Wildman–Crippen MR) is 74.4 cm³/mol. The van der Waals surface area contributed by atoms with Crippen LogP contribution in [0.15, 0.2) is 18.2 Å². The second-order valence-corrected chi connectivity index (χ2v) is 6.74. The Morgan fingerprint density at radius 3 is 2.55 bits per heavy atom. The molecule has 0 aromatic heterocycles. The number of carbonyl (C=O) groups excluding carboxylic acids is 1. The second-order valence-electron chi connectivity index (χ2n) is 6.30. The van der Waals surface area contributed by atoms with Crippen LogP contribution in [0.3, 0.4) is 0 Å². The number of halogens is 2. The Labute approximate surface area is 121 Å². The van der Waals surface area contributed by atoms with Gasteiger partial charge in [-0.2, -0.15) is 0 Å². The fraction of sp³-hybridized carbons (Fsp3) is 0.500. The van der Waals surface area contributed by atoms with E-state index in [2.05, 4.69) is 0 Å². The first-order valence-electron chi connectivity index (χ1n) is 6.76. The van der Waals surface area contributed by atoms with Crippen LogP contribution in [0.4, 0.5) is 14.9 Å². The number of anilines is 1. The van der Waals surface area contributed by atoms with Crippen LogP contribution in [0.2, 0.25) is 5.02 Å². The summed E-state index contributed by atoms with van der Waals surface area (Å²) >= 11 is 5.75. The topological polar surface area (TPSA) is 49.6 Å². The minimum atomic E-state index is -0.458. The molecule has 6 heteroatoms. The van der Waals surface area contributed by atoms with Crippen molar-refractivity contribution in [3.8, 4) is 0 Å². The molecule has 1 heterocycles. The van der Waals surface area contributed by atoms with E-state index in [1.165, 1.54) is 11.0 Å². The highest BCUT2D eigenvalue weighted by Gasteiger charge is 2.70. The summed E-state index contributed by atoms with van der Waals surface area (Å²) in [6.07, 6.45) is 2.63. The number of benzene rings is 1. The van der Waals surface area contributed by atoms with Crippen molar-refractivity contribution < 1.29 is 9.18 Å². The summed E-state index contributed by atoms with van der Waals surface area (Å²) in [5, 5.41) is 0.333.